The summed E-state index contributed by atoms with van der Waals surface area (Å²) >= 11 is 0. The number of fused-ring (bicyclic) bond motifs is 1. The van der Waals surface area contributed by atoms with Gasteiger partial charge in [-0.05, 0) is 43.3 Å². The number of aryl methyl sites for hydroxylation is 1. The molecule has 0 radical (unpaired) electrons. The summed E-state index contributed by atoms with van der Waals surface area (Å²) in [4.78, 5) is 12.7. The van der Waals surface area contributed by atoms with Crippen molar-refractivity contribution >= 4 is 16.8 Å². The normalized spacial score (nSPS) is 10.7. The third-order valence-electron chi connectivity index (χ3n) is 3.60. The molecule has 0 saturated carbocycles. The van der Waals surface area contributed by atoms with Crippen molar-refractivity contribution in [2.24, 2.45) is 7.05 Å². The monoisotopic (exact) mass is 311 g/mol. The molecular weight excluding hydrogens is 294 g/mol. The van der Waals surface area contributed by atoms with Crippen LogP contribution in [0.2, 0.25) is 0 Å². The number of methoxy groups -OCH3 is 1. The Labute approximate surface area is 133 Å². The van der Waals surface area contributed by atoms with Gasteiger partial charge in [0, 0.05) is 18.2 Å². The molecule has 0 fully saturated rings. The highest BCUT2D eigenvalue weighted by Crippen LogP contribution is 2.29. The Balaban J connectivity index is 1.99. The van der Waals surface area contributed by atoms with Crippen molar-refractivity contribution in [3.8, 4) is 11.5 Å². The van der Waals surface area contributed by atoms with Gasteiger partial charge >= 0.3 is 0 Å². The lowest BCUT2D eigenvalue weighted by atomic mass is 10.0. The first-order valence-electron chi connectivity index (χ1n) is 7.29. The van der Waals surface area contributed by atoms with Crippen LogP contribution in [0.5, 0.6) is 11.5 Å². The Morgan fingerprint density at radius 2 is 1.87 bits per heavy atom. The largest absolute Gasteiger partial charge is 0.493 e. The first kappa shape index (κ1) is 15.0. The first-order chi connectivity index (χ1) is 11.1. The maximum atomic E-state index is 12.7. The summed E-state index contributed by atoms with van der Waals surface area (Å²) in [7, 11) is 3.38. The van der Waals surface area contributed by atoms with Crippen LogP contribution < -0.4 is 9.47 Å². The average Bonchev–Trinajstić information content (AvgIpc) is 2.95. The number of ether oxygens (including phenoxy) is 2. The molecule has 0 saturated heterocycles. The van der Waals surface area contributed by atoms with Gasteiger partial charge in [0.2, 0.25) is 0 Å². The summed E-state index contributed by atoms with van der Waals surface area (Å²) < 4.78 is 12.4. The zero-order chi connectivity index (χ0) is 16.4. The van der Waals surface area contributed by atoms with Gasteiger partial charge in [-0.3, -0.25) is 4.79 Å². The van der Waals surface area contributed by atoms with Crippen LogP contribution in [0.1, 0.15) is 22.8 Å². The predicted octanol–water partition coefficient (Wildman–Crippen LogP) is 2.61. The summed E-state index contributed by atoms with van der Waals surface area (Å²) in [6, 6.07) is 10.5. The highest BCUT2D eigenvalue weighted by molar-refractivity contribution is 6.10. The van der Waals surface area contributed by atoms with E-state index < -0.39 is 0 Å². The number of aromatic nitrogens is 3. The van der Waals surface area contributed by atoms with Crippen molar-refractivity contribution in [2.75, 3.05) is 13.7 Å². The van der Waals surface area contributed by atoms with Crippen LogP contribution in [0.25, 0.3) is 11.0 Å². The number of hydrogen-bond donors (Lipinski definition) is 0. The maximum absolute atomic E-state index is 12.7. The van der Waals surface area contributed by atoms with Gasteiger partial charge in [0.15, 0.2) is 17.3 Å². The van der Waals surface area contributed by atoms with Gasteiger partial charge in [0.25, 0.3) is 0 Å². The number of rotatable bonds is 5. The van der Waals surface area contributed by atoms with E-state index in [9.17, 15) is 4.79 Å². The molecule has 1 aromatic heterocycles. The molecule has 3 rings (SSSR count). The molecule has 0 aliphatic carbocycles. The minimum Gasteiger partial charge on any atom is -0.493 e. The topological polar surface area (TPSA) is 66.2 Å². The predicted molar refractivity (Wildman–Crippen MR) is 86.1 cm³/mol. The van der Waals surface area contributed by atoms with E-state index >= 15 is 0 Å². The van der Waals surface area contributed by atoms with Crippen molar-refractivity contribution < 1.29 is 14.3 Å². The molecule has 0 amide bonds. The summed E-state index contributed by atoms with van der Waals surface area (Å²) in [5.41, 5.74) is 2.67. The van der Waals surface area contributed by atoms with Crippen LogP contribution in [0.4, 0.5) is 0 Å². The molecule has 23 heavy (non-hydrogen) atoms. The lowest BCUT2D eigenvalue weighted by Crippen LogP contribution is -2.03. The number of carbonyl (C=O) groups excluding carboxylic acids is 1. The summed E-state index contributed by atoms with van der Waals surface area (Å²) in [6.45, 7) is 2.38. The Bertz CT molecular complexity index is 871. The number of carbonyl (C=O) groups is 1. The summed E-state index contributed by atoms with van der Waals surface area (Å²) in [5, 5.41) is 7.99. The van der Waals surface area contributed by atoms with Crippen molar-refractivity contribution in [1.29, 1.82) is 0 Å². The van der Waals surface area contributed by atoms with Crippen LogP contribution in [-0.4, -0.2) is 34.5 Å². The smallest absolute Gasteiger partial charge is 0.193 e. The molecule has 0 atom stereocenters. The van der Waals surface area contributed by atoms with Gasteiger partial charge < -0.3 is 9.47 Å². The second-order valence-corrected chi connectivity index (χ2v) is 5.04. The summed E-state index contributed by atoms with van der Waals surface area (Å²) in [6.07, 6.45) is 0. The van der Waals surface area contributed by atoms with E-state index in [0.717, 1.165) is 5.52 Å². The van der Waals surface area contributed by atoms with Gasteiger partial charge in [-0.25, -0.2) is 4.68 Å². The number of benzene rings is 2. The lowest BCUT2D eigenvalue weighted by Gasteiger charge is -2.10. The van der Waals surface area contributed by atoms with Gasteiger partial charge in [-0.1, -0.05) is 5.21 Å². The maximum Gasteiger partial charge on any atom is 0.193 e. The van der Waals surface area contributed by atoms with E-state index in [0.29, 0.717) is 34.7 Å². The Morgan fingerprint density at radius 1 is 1.13 bits per heavy atom. The first-order valence-corrected chi connectivity index (χ1v) is 7.29. The minimum absolute atomic E-state index is 0.0961. The third-order valence-corrected chi connectivity index (χ3v) is 3.60. The van der Waals surface area contributed by atoms with Crippen molar-refractivity contribution in [2.45, 2.75) is 6.92 Å². The van der Waals surface area contributed by atoms with Crippen LogP contribution >= 0.6 is 0 Å². The quantitative estimate of drug-likeness (QED) is 0.678. The van der Waals surface area contributed by atoms with Crippen molar-refractivity contribution in [1.82, 2.24) is 15.0 Å². The molecule has 1 heterocycles. The molecule has 3 aromatic rings. The van der Waals surface area contributed by atoms with Crippen LogP contribution in [0, 0.1) is 0 Å². The third kappa shape index (κ3) is 2.75. The zero-order valence-corrected chi connectivity index (χ0v) is 13.2. The number of hydrogen-bond acceptors (Lipinski definition) is 5. The molecule has 0 N–H and O–H groups in total. The minimum atomic E-state index is -0.0961. The molecular formula is C17H17N3O3. The van der Waals surface area contributed by atoms with E-state index in [1.54, 1.807) is 42.1 Å². The number of nitrogens with zero attached hydrogens (tertiary/aromatic N) is 3. The zero-order valence-electron chi connectivity index (χ0n) is 13.2. The molecule has 0 unspecified atom stereocenters. The molecule has 0 aliphatic rings. The molecule has 0 spiro atoms. The van der Waals surface area contributed by atoms with E-state index in [1.165, 1.54) is 0 Å². The van der Waals surface area contributed by atoms with Crippen LogP contribution in [0.3, 0.4) is 0 Å². The van der Waals surface area contributed by atoms with Gasteiger partial charge in [-0.15, -0.1) is 5.10 Å². The van der Waals surface area contributed by atoms with Gasteiger partial charge in [-0.2, -0.15) is 0 Å². The molecule has 6 nitrogen and oxygen atoms in total. The van der Waals surface area contributed by atoms with Gasteiger partial charge in [0.05, 0.1) is 19.2 Å². The van der Waals surface area contributed by atoms with E-state index in [4.69, 9.17) is 9.47 Å². The highest BCUT2D eigenvalue weighted by atomic mass is 16.5. The van der Waals surface area contributed by atoms with Crippen LogP contribution in [0.15, 0.2) is 36.4 Å². The van der Waals surface area contributed by atoms with E-state index in [1.807, 2.05) is 20.0 Å². The molecule has 0 bridgehead atoms. The fraction of sp³-hybridized carbons (Fsp3) is 0.235. The van der Waals surface area contributed by atoms with Crippen molar-refractivity contribution in [3.05, 3.63) is 47.5 Å². The van der Waals surface area contributed by atoms with E-state index in [2.05, 4.69) is 10.3 Å². The molecule has 6 heteroatoms. The fourth-order valence-corrected chi connectivity index (χ4v) is 2.43. The SMILES string of the molecule is CCOc1cc(C(=O)c2ccc3c(c2)nnn3C)ccc1OC. The van der Waals surface area contributed by atoms with Gasteiger partial charge in [0.1, 0.15) is 5.52 Å². The Kier molecular flexibility index (Phi) is 3.97. The Morgan fingerprint density at radius 3 is 2.61 bits per heavy atom. The molecule has 0 aliphatic heterocycles. The average molecular weight is 311 g/mol. The highest BCUT2D eigenvalue weighted by Gasteiger charge is 2.14. The molecule has 2 aromatic carbocycles. The van der Waals surface area contributed by atoms with Crippen LogP contribution in [-0.2, 0) is 7.05 Å². The fourth-order valence-electron chi connectivity index (χ4n) is 2.43. The standard InChI is InChI=1S/C17H17N3O3/c1-4-23-16-10-12(6-8-15(16)22-3)17(21)11-5-7-14-13(9-11)18-19-20(14)2/h5-10H,4H2,1-3H3. The lowest BCUT2D eigenvalue weighted by molar-refractivity contribution is 0.103. The van der Waals surface area contributed by atoms with E-state index in [-0.39, 0.29) is 5.78 Å². The Hall–Kier alpha value is -2.89. The summed E-state index contributed by atoms with van der Waals surface area (Å²) in [5.74, 6) is 1.07. The number of ketones is 1. The second kappa shape index (κ2) is 6.08. The second-order valence-electron chi connectivity index (χ2n) is 5.04. The molecule has 118 valence electrons. The van der Waals surface area contributed by atoms with Crippen molar-refractivity contribution in [3.63, 3.8) is 0 Å².